The molecule has 72 valence electrons. The molecule has 1 fully saturated rings. The monoisotopic (exact) mass is 177 g/mol. The van der Waals surface area contributed by atoms with Gasteiger partial charge in [0.15, 0.2) is 0 Å². The molecule has 1 unspecified atom stereocenters. The summed E-state index contributed by atoms with van der Waals surface area (Å²) in [6, 6.07) is 0. The van der Waals surface area contributed by atoms with Crippen LogP contribution in [0.3, 0.4) is 0 Å². The van der Waals surface area contributed by atoms with Gasteiger partial charge >= 0.3 is 0 Å². The summed E-state index contributed by atoms with van der Waals surface area (Å²) in [5.74, 6) is -2.77. The topological polar surface area (TPSA) is 12.0 Å². The van der Waals surface area contributed by atoms with E-state index < -0.39 is 5.92 Å². The van der Waals surface area contributed by atoms with Crippen molar-refractivity contribution >= 4 is 0 Å². The van der Waals surface area contributed by atoms with Crippen LogP contribution in [0.1, 0.15) is 32.1 Å². The Morgan fingerprint density at radius 3 is 2.75 bits per heavy atom. The van der Waals surface area contributed by atoms with E-state index in [1.165, 1.54) is 0 Å². The molecule has 1 aliphatic carbocycles. The van der Waals surface area contributed by atoms with Crippen LogP contribution in [-0.2, 0) is 0 Å². The lowest BCUT2D eigenvalue weighted by Gasteiger charge is -2.31. The number of hydrogen-bond acceptors (Lipinski definition) is 1. The SMILES string of the molecule is CNCCC1CCCCC1(F)F. The van der Waals surface area contributed by atoms with Crippen molar-refractivity contribution in [3.8, 4) is 0 Å². The molecule has 0 amide bonds. The molecular weight excluding hydrogens is 160 g/mol. The number of rotatable bonds is 3. The first-order valence-electron chi connectivity index (χ1n) is 4.69. The first kappa shape index (κ1) is 9.90. The first-order chi connectivity index (χ1) is 5.67. The second kappa shape index (κ2) is 4.17. The number of hydrogen-bond donors (Lipinski definition) is 1. The largest absolute Gasteiger partial charge is 0.320 e. The van der Waals surface area contributed by atoms with Crippen LogP contribution in [0, 0.1) is 5.92 Å². The van der Waals surface area contributed by atoms with E-state index in [1.807, 2.05) is 0 Å². The van der Waals surface area contributed by atoms with E-state index in [0.717, 1.165) is 6.42 Å². The van der Waals surface area contributed by atoms with Crippen molar-refractivity contribution in [2.75, 3.05) is 13.6 Å². The van der Waals surface area contributed by atoms with Gasteiger partial charge in [-0.15, -0.1) is 0 Å². The third-order valence-electron chi connectivity index (χ3n) is 2.65. The summed E-state index contributed by atoms with van der Waals surface area (Å²) in [6.45, 7) is 0.709. The van der Waals surface area contributed by atoms with Crippen molar-refractivity contribution < 1.29 is 8.78 Å². The third-order valence-corrected chi connectivity index (χ3v) is 2.65. The van der Waals surface area contributed by atoms with Gasteiger partial charge in [0.25, 0.3) is 5.92 Å². The summed E-state index contributed by atoms with van der Waals surface area (Å²) in [6.07, 6.45) is 3.09. The fourth-order valence-electron chi connectivity index (χ4n) is 1.84. The zero-order valence-corrected chi connectivity index (χ0v) is 7.58. The zero-order valence-electron chi connectivity index (χ0n) is 7.58. The van der Waals surface area contributed by atoms with Crippen LogP contribution in [0.4, 0.5) is 8.78 Å². The molecule has 0 heterocycles. The minimum Gasteiger partial charge on any atom is -0.320 e. The minimum absolute atomic E-state index is 0.0986. The molecule has 0 aromatic rings. The van der Waals surface area contributed by atoms with Gasteiger partial charge < -0.3 is 5.32 Å². The highest BCUT2D eigenvalue weighted by atomic mass is 19.3. The van der Waals surface area contributed by atoms with Gasteiger partial charge in [-0.25, -0.2) is 8.78 Å². The van der Waals surface area contributed by atoms with E-state index in [4.69, 9.17) is 0 Å². The average molecular weight is 177 g/mol. The van der Waals surface area contributed by atoms with Crippen molar-refractivity contribution in [1.29, 1.82) is 0 Å². The molecule has 1 atom stereocenters. The first-order valence-corrected chi connectivity index (χ1v) is 4.69. The second-order valence-electron chi connectivity index (χ2n) is 3.60. The summed E-state index contributed by atoms with van der Waals surface area (Å²) >= 11 is 0. The van der Waals surface area contributed by atoms with Gasteiger partial charge in [0.1, 0.15) is 0 Å². The molecule has 3 heteroatoms. The summed E-state index contributed by atoms with van der Waals surface area (Å²) in [5.41, 5.74) is 0. The highest BCUT2D eigenvalue weighted by Gasteiger charge is 2.40. The van der Waals surface area contributed by atoms with Crippen LogP contribution in [0.15, 0.2) is 0 Å². The summed E-state index contributed by atoms with van der Waals surface area (Å²) in [5, 5.41) is 2.92. The van der Waals surface area contributed by atoms with Crippen LogP contribution in [0.2, 0.25) is 0 Å². The van der Waals surface area contributed by atoms with Gasteiger partial charge in [0.2, 0.25) is 0 Å². The summed E-state index contributed by atoms with van der Waals surface area (Å²) in [4.78, 5) is 0. The Morgan fingerprint density at radius 2 is 2.17 bits per heavy atom. The fourth-order valence-corrected chi connectivity index (χ4v) is 1.84. The average Bonchev–Trinajstić information content (AvgIpc) is 2.02. The number of alkyl halides is 2. The Morgan fingerprint density at radius 1 is 1.42 bits per heavy atom. The van der Waals surface area contributed by atoms with E-state index in [2.05, 4.69) is 5.32 Å². The number of nitrogens with one attached hydrogen (secondary N) is 1. The predicted molar refractivity (Wildman–Crippen MR) is 45.4 cm³/mol. The van der Waals surface area contributed by atoms with Gasteiger partial charge in [-0.1, -0.05) is 6.42 Å². The van der Waals surface area contributed by atoms with Gasteiger partial charge in [-0.05, 0) is 32.9 Å². The molecule has 0 aromatic carbocycles. The molecule has 1 rings (SSSR count). The summed E-state index contributed by atoms with van der Waals surface area (Å²) < 4.78 is 26.3. The standard InChI is InChI=1S/C9H17F2N/c1-12-7-5-8-4-2-3-6-9(8,10)11/h8,12H,2-7H2,1H3. The van der Waals surface area contributed by atoms with Gasteiger partial charge in [0, 0.05) is 12.3 Å². The van der Waals surface area contributed by atoms with Crippen LogP contribution >= 0.6 is 0 Å². The Labute approximate surface area is 72.5 Å². The van der Waals surface area contributed by atoms with E-state index in [9.17, 15) is 8.78 Å². The Kier molecular flexibility index (Phi) is 3.44. The molecule has 0 aliphatic heterocycles. The van der Waals surface area contributed by atoms with Gasteiger partial charge in [-0.2, -0.15) is 0 Å². The third kappa shape index (κ3) is 2.41. The predicted octanol–water partition coefficient (Wildman–Crippen LogP) is 2.42. The molecule has 1 saturated carbocycles. The Bertz CT molecular complexity index is 136. The maximum atomic E-state index is 13.2. The molecule has 0 bridgehead atoms. The molecule has 1 N–H and O–H groups in total. The molecule has 0 saturated heterocycles. The van der Waals surface area contributed by atoms with Crippen LogP contribution in [-0.4, -0.2) is 19.5 Å². The smallest absolute Gasteiger partial charge is 0.250 e. The molecule has 12 heavy (non-hydrogen) atoms. The van der Waals surface area contributed by atoms with Crippen LogP contribution < -0.4 is 5.32 Å². The molecule has 0 spiro atoms. The van der Waals surface area contributed by atoms with Crippen molar-refractivity contribution in [3.63, 3.8) is 0 Å². The maximum Gasteiger partial charge on any atom is 0.250 e. The normalized spacial score (nSPS) is 28.8. The Hall–Kier alpha value is -0.180. The lowest BCUT2D eigenvalue weighted by atomic mass is 9.83. The van der Waals surface area contributed by atoms with E-state index in [-0.39, 0.29) is 12.3 Å². The van der Waals surface area contributed by atoms with E-state index in [1.54, 1.807) is 7.05 Å². The van der Waals surface area contributed by atoms with Gasteiger partial charge in [-0.3, -0.25) is 0 Å². The van der Waals surface area contributed by atoms with Crippen molar-refractivity contribution in [1.82, 2.24) is 5.32 Å². The summed E-state index contributed by atoms with van der Waals surface area (Å²) in [7, 11) is 1.81. The Balaban J connectivity index is 2.37. The highest BCUT2D eigenvalue weighted by molar-refractivity contribution is 4.81. The maximum absolute atomic E-state index is 13.2. The molecular formula is C9H17F2N. The molecule has 1 aliphatic rings. The minimum atomic E-state index is -2.39. The lowest BCUT2D eigenvalue weighted by molar-refractivity contribution is -0.0876. The lowest BCUT2D eigenvalue weighted by Crippen LogP contribution is -2.33. The highest BCUT2D eigenvalue weighted by Crippen LogP contribution is 2.39. The zero-order chi connectivity index (χ0) is 9.03. The van der Waals surface area contributed by atoms with E-state index >= 15 is 0 Å². The fraction of sp³-hybridized carbons (Fsp3) is 1.00. The molecule has 0 aromatic heterocycles. The molecule has 1 nitrogen and oxygen atoms in total. The second-order valence-corrected chi connectivity index (χ2v) is 3.60. The van der Waals surface area contributed by atoms with E-state index in [0.29, 0.717) is 25.8 Å². The van der Waals surface area contributed by atoms with Crippen LogP contribution in [0.5, 0.6) is 0 Å². The van der Waals surface area contributed by atoms with Crippen molar-refractivity contribution in [2.24, 2.45) is 5.92 Å². The van der Waals surface area contributed by atoms with Crippen molar-refractivity contribution in [3.05, 3.63) is 0 Å². The number of halogens is 2. The van der Waals surface area contributed by atoms with Crippen molar-refractivity contribution in [2.45, 2.75) is 38.0 Å². The molecule has 0 radical (unpaired) electrons. The van der Waals surface area contributed by atoms with Gasteiger partial charge in [0.05, 0.1) is 0 Å². The van der Waals surface area contributed by atoms with Crippen LogP contribution in [0.25, 0.3) is 0 Å². The quantitative estimate of drug-likeness (QED) is 0.698.